The average molecular weight is 402 g/mol. The number of nitrogens with two attached hydrogens (primary N) is 1. The van der Waals surface area contributed by atoms with E-state index in [1.165, 1.54) is 10.7 Å². The fraction of sp³-hybridized carbons (Fsp3) is 0.200. The molecule has 3 aromatic rings. The lowest BCUT2D eigenvalue weighted by molar-refractivity contribution is -0.120. The molecule has 1 aromatic heterocycles. The van der Waals surface area contributed by atoms with Crippen molar-refractivity contribution < 1.29 is 23.0 Å². The second kappa shape index (κ2) is 9.16. The van der Waals surface area contributed by atoms with Crippen LogP contribution in [0.5, 0.6) is 11.5 Å². The number of alkyl halides is 2. The fourth-order valence-corrected chi connectivity index (χ4v) is 2.63. The molecule has 2 aromatic carbocycles. The van der Waals surface area contributed by atoms with Crippen molar-refractivity contribution >= 4 is 5.91 Å². The summed E-state index contributed by atoms with van der Waals surface area (Å²) in [5.41, 5.74) is 6.69. The van der Waals surface area contributed by atoms with Gasteiger partial charge in [0.2, 0.25) is 5.91 Å². The maximum atomic E-state index is 13.2. The Bertz CT molecular complexity index is 957. The first-order chi connectivity index (χ1) is 14.0. The summed E-state index contributed by atoms with van der Waals surface area (Å²) in [5.74, 6) is 0.833. The van der Waals surface area contributed by atoms with E-state index in [0.717, 1.165) is 0 Å². The van der Waals surface area contributed by atoms with Crippen molar-refractivity contribution in [2.75, 3.05) is 20.4 Å². The van der Waals surface area contributed by atoms with Crippen LogP contribution >= 0.6 is 0 Å². The second-order valence-electron chi connectivity index (χ2n) is 5.98. The smallest absolute Gasteiger partial charge is 0.282 e. The molecule has 0 radical (unpaired) electrons. The molecule has 0 saturated heterocycles. The van der Waals surface area contributed by atoms with Gasteiger partial charge >= 0.3 is 0 Å². The zero-order chi connectivity index (χ0) is 20.8. The number of carbonyl (C=O) groups is 1. The lowest BCUT2D eigenvalue weighted by atomic mass is 10.1. The lowest BCUT2D eigenvalue weighted by Gasteiger charge is -2.10. The van der Waals surface area contributed by atoms with Gasteiger partial charge in [-0.15, -0.1) is 0 Å². The van der Waals surface area contributed by atoms with E-state index in [2.05, 4.69) is 10.4 Å². The van der Waals surface area contributed by atoms with Crippen molar-refractivity contribution in [1.82, 2.24) is 15.1 Å². The number of hydrogen-bond donors (Lipinski definition) is 2. The first-order valence-electron chi connectivity index (χ1n) is 8.74. The molecule has 0 aliphatic carbocycles. The van der Waals surface area contributed by atoms with Crippen molar-refractivity contribution in [3.63, 3.8) is 0 Å². The number of hydrogen-bond acceptors (Lipinski definition) is 5. The highest BCUT2D eigenvalue weighted by atomic mass is 19.3. The van der Waals surface area contributed by atoms with E-state index in [4.69, 9.17) is 15.2 Å². The molecule has 1 amide bonds. The van der Waals surface area contributed by atoms with Crippen LogP contribution in [0.2, 0.25) is 0 Å². The summed E-state index contributed by atoms with van der Waals surface area (Å²) in [4.78, 5) is 11.1. The van der Waals surface area contributed by atoms with Gasteiger partial charge in [0.1, 0.15) is 17.2 Å². The molecular weight excluding hydrogens is 382 g/mol. The van der Waals surface area contributed by atoms with Crippen LogP contribution in [0.25, 0.3) is 16.9 Å². The maximum absolute atomic E-state index is 13.2. The molecular formula is C20H20F2N4O3. The third kappa shape index (κ3) is 4.88. The number of carbonyl (C=O) groups excluding carboxylic acids is 1. The first kappa shape index (κ1) is 20.3. The van der Waals surface area contributed by atoms with Crippen LogP contribution in [-0.4, -0.2) is 36.1 Å². The van der Waals surface area contributed by atoms with Crippen molar-refractivity contribution in [1.29, 1.82) is 0 Å². The van der Waals surface area contributed by atoms with Crippen molar-refractivity contribution in [3.05, 3.63) is 60.3 Å². The Morgan fingerprint density at radius 3 is 2.38 bits per heavy atom. The van der Waals surface area contributed by atoms with Crippen molar-refractivity contribution in [3.8, 4) is 28.4 Å². The number of halogens is 2. The SMILES string of the molecule is COc1ccc(-n2nc(C(F)F)cc2-c2ccc(OCNC(=O)CN)cc2)cc1. The van der Waals surface area contributed by atoms with Crippen LogP contribution in [0.1, 0.15) is 12.1 Å². The van der Waals surface area contributed by atoms with E-state index >= 15 is 0 Å². The first-order valence-corrected chi connectivity index (χ1v) is 8.74. The monoisotopic (exact) mass is 402 g/mol. The molecule has 0 saturated carbocycles. The van der Waals surface area contributed by atoms with Gasteiger partial charge < -0.3 is 20.5 Å². The minimum Gasteiger partial charge on any atom is -0.497 e. The number of rotatable bonds is 8. The van der Waals surface area contributed by atoms with Crippen LogP contribution in [0, 0.1) is 0 Å². The Labute approximate surface area is 166 Å². The summed E-state index contributed by atoms with van der Waals surface area (Å²) in [6.07, 6.45) is -2.69. The molecule has 9 heteroatoms. The zero-order valence-electron chi connectivity index (χ0n) is 15.6. The highest BCUT2D eigenvalue weighted by molar-refractivity contribution is 5.77. The van der Waals surface area contributed by atoms with E-state index in [9.17, 15) is 13.6 Å². The van der Waals surface area contributed by atoms with Gasteiger partial charge in [-0.1, -0.05) is 0 Å². The highest BCUT2D eigenvalue weighted by Gasteiger charge is 2.18. The molecule has 0 fully saturated rings. The number of aromatic nitrogens is 2. The lowest BCUT2D eigenvalue weighted by Crippen LogP contribution is -2.33. The van der Waals surface area contributed by atoms with Gasteiger partial charge in [0.05, 0.1) is 25.0 Å². The second-order valence-corrected chi connectivity index (χ2v) is 5.98. The Kier molecular flexibility index (Phi) is 6.40. The Morgan fingerprint density at radius 2 is 1.79 bits per heavy atom. The quantitative estimate of drug-likeness (QED) is 0.566. The Morgan fingerprint density at radius 1 is 1.14 bits per heavy atom. The molecule has 0 unspecified atom stereocenters. The molecule has 29 heavy (non-hydrogen) atoms. The van der Waals surface area contributed by atoms with Gasteiger partial charge in [-0.25, -0.2) is 13.5 Å². The Hall–Kier alpha value is -3.46. The van der Waals surface area contributed by atoms with Crippen LogP contribution in [-0.2, 0) is 4.79 Å². The van der Waals surface area contributed by atoms with Gasteiger partial charge in [-0.3, -0.25) is 4.79 Å². The topological polar surface area (TPSA) is 91.4 Å². The fourth-order valence-electron chi connectivity index (χ4n) is 2.63. The predicted octanol–water partition coefficient (Wildman–Crippen LogP) is 2.90. The number of nitrogens with one attached hydrogen (secondary N) is 1. The van der Waals surface area contributed by atoms with Crippen LogP contribution in [0.3, 0.4) is 0 Å². The largest absolute Gasteiger partial charge is 0.497 e. The van der Waals surface area contributed by atoms with Crippen molar-refractivity contribution in [2.24, 2.45) is 5.73 Å². The van der Waals surface area contributed by atoms with Gasteiger partial charge in [-0.05, 0) is 54.6 Å². The number of amides is 1. The summed E-state index contributed by atoms with van der Waals surface area (Å²) < 4.78 is 38.5. The zero-order valence-corrected chi connectivity index (χ0v) is 15.6. The number of ether oxygens (including phenoxy) is 2. The normalized spacial score (nSPS) is 10.8. The Balaban J connectivity index is 1.86. The van der Waals surface area contributed by atoms with E-state index in [-0.39, 0.29) is 24.9 Å². The van der Waals surface area contributed by atoms with Gasteiger partial charge in [0.25, 0.3) is 6.43 Å². The van der Waals surface area contributed by atoms with Crippen LogP contribution < -0.4 is 20.5 Å². The summed E-state index contributed by atoms with van der Waals surface area (Å²) in [5, 5.41) is 6.54. The summed E-state index contributed by atoms with van der Waals surface area (Å²) >= 11 is 0. The van der Waals surface area contributed by atoms with E-state index in [1.54, 1.807) is 55.6 Å². The molecule has 1 heterocycles. The van der Waals surface area contributed by atoms with Gasteiger partial charge in [0.15, 0.2) is 6.73 Å². The molecule has 3 rings (SSSR count). The van der Waals surface area contributed by atoms with E-state index in [0.29, 0.717) is 28.4 Å². The van der Waals surface area contributed by atoms with Gasteiger partial charge in [-0.2, -0.15) is 5.10 Å². The van der Waals surface area contributed by atoms with Gasteiger partial charge in [0, 0.05) is 5.56 Å². The predicted molar refractivity (Wildman–Crippen MR) is 103 cm³/mol. The number of benzene rings is 2. The summed E-state index contributed by atoms with van der Waals surface area (Å²) in [7, 11) is 1.55. The third-order valence-corrected chi connectivity index (χ3v) is 4.11. The number of methoxy groups -OCH3 is 1. The minimum atomic E-state index is -2.69. The molecule has 0 spiro atoms. The molecule has 3 N–H and O–H groups in total. The van der Waals surface area contributed by atoms with E-state index in [1.807, 2.05) is 0 Å². The standard InChI is InChI=1S/C20H20F2N4O3/c1-28-15-8-4-14(5-9-15)26-18(10-17(25-26)20(21)22)13-2-6-16(7-3-13)29-12-24-19(27)11-23/h2-10,20H,11-12,23H2,1H3,(H,24,27). The molecule has 7 nitrogen and oxygen atoms in total. The third-order valence-electron chi connectivity index (χ3n) is 4.11. The van der Waals surface area contributed by atoms with Crippen LogP contribution in [0.4, 0.5) is 8.78 Å². The molecule has 0 aliphatic rings. The minimum absolute atomic E-state index is 0.0192. The molecule has 152 valence electrons. The average Bonchev–Trinajstić information content (AvgIpc) is 3.20. The van der Waals surface area contributed by atoms with Crippen LogP contribution in [0.15, 0.2) is 54.6 Å². The molecule has 0 bridgehead atoms. The number of nitrogens with zero attached hydrogens (tertiary/aromatic N) is 2. The summed E-state index contributed by atoms with van der Waals surface area (Å²) in [6.45, 7) is -0.140. The highest BCUT2D eigenvalue weighted by Crippen LogP contribution is 2.30. The summed E-state index contributed by atoms with van der Waals surface area (Å²) in [6, 6.07) is 15.1. The molecule has 0 atom stereocenters. The van der Waals surface area contributed by atoms with E-state index < -0.39 is 6.43 Å². The molecule has 0 aliphatic heterocycles. The maximum Gasteiger partial charge on any atom is 0.282 e. The van der Waals surface area contributed by atoms with Crippen molar-refractivity contribution in [2.45, 2.75) is 6.43 Å².